The van der Waals surface area contributed by atoms with Crippen LogP contribution in [0.2, 0.25) is 5.02 Å². The average molecular weight is 295 g/mol. The number of ether oxygens (including phenoxy) is 1. The number of aryl methyl sites for hydroxylation is 1. The summed E-state index contributed by atoms with van der Waals surface area (Å²) in [6.07, 6.45) is 1.04. The Labute approximate surface area is 124 Å². The van der Waals surface area contributed by atoms with Gasteiger partial charge in [0.2, 0.25) is 0 Å². The standard InChI is InChI=1S/C16H16Cl2O/c1-2-12-6-8-13(9-7-12)11-19-16-14(10-17)4-3-5-15(16)18/h3-9H,2,10-11H2,1H3. The lowest BCUT2D eigenvalue weighted by molar-refractivity contribution is 0.304. The fraction of sp³-hybridized carbons (Fsp3) is 0.250. The minimum absolute atomic E-state index is 0.394. The molecule has 0 N–H and O–H groups in total. The molecule has 0 amide bonds. The van der Waals surface area contributed by atoms with Gasteiger partial charge in [-0.25, -0.2) is 0 Å². The van der Waals surface area contributed by atoms with Gasteiger partial charge in [-0.05, 0) is 23.6 Å². The molecule has 0 saturated carbocycles. The Morgan fingerprint density at radius 1 is 1.00 bits per heavy atom. The molecular weight excluding hydrogens is 279 g/mol. The van der Waals surface area contributed by atoms with Crippen molar-refractivity contribution in [3.63, 3.8) is 0 Å². The van der Waals surface area contributed by atoms with Crippen molar-refractivity contribution in [2.24, 2.45) is 0 Å². The van der Waals surface area contributed by atoms with Gasteiger partial charge in [-0.15, -0.1) is 11.6 Å². The Morgan fingerprint density at radius 3 is 2.32 bits per heavy atom. The van der Waals surface area contributed by atoms with Crippen LogP contribution < -0.4 is 4.74 Å². The second-order valence-corrected chi connectivity index (χ2v) is 4.99. The Morgan fingerprint density at radius 2 is 1.68 bits per heavy atom. The smallest absolute Gasteiger partial charge is 0.142 e. The molecule has 1 nitrogen and oxygen atoms in total. The lowest BCUT2D eigenvalue weighted by Gasteiger charge is -2.12. The van der Waals surface area contributed by atoms with E-state index in [2.05, 4.69) is 31.2 Å². The van der Waals surface area contributed by atoms with E-state index in [0.717, 1.165) is 17.5 Å². The molecule has 0 spiro atoms. The van der Waals surface area contributed by atoms with E-state index in [4.69, 9.17) is 27.9 Å². The number of hydrogen-bond donors (Lipinski definition) is 0. The summed E-state index contributed by atoms with van der Waals surface area (Å²) in [6, 6.07) is 14.0. The van der Waals surface area contributed by atoms with Gasteiger partial charge in [-0.2, -0.15) is 0 Å². The molecule has 0 heterocycles. The average Bonchev–Trinajstić information content (AvgIpc) is 2.46. The number of halogens is 2. The van der Waals surface area contributed by atoms with E-state index in [1.54, 1.807) is 0 Å². The van der Waals surface area contributed by atoms with Crippen LogP contribution >= 0.6 is 23.2 Å². The Kier molecular flexibility index (Phi) is 5.12. The van der Waals surface area contributed by atoms with E-state index in [1.165, 1.54) is 5.56 Å². The minimum atomic E-state index is 0.394. The van der Waals surface area contributed by atoms with E-state index < -0.39 is 0 Å². The van der Waals surface area contributed by atoms with Gasteiger partial charge >= 0.3 is 0 Å². The molecule has 0 radical (unpaired) electrons. The first-order valence-corrected chi connectivity index (χ1v) is 7.19. The van der Waals surface area contributed by atoms with E-state index in [0.29, 0.717) is 23.3 Å². The molecule has 0 bridgehead atoms. The highest BCUT2D eigenvalue weighted by atomic mass is 35.5. The third-order valence-corrected chi connectivity index (χ3v) is 3.59. The molecule has 0 aliphatic rings. The maximum atomic E-state index is 6.14. The predicted molar refractivity (Wildman–Crippen MR) is 81.2 cm³/mol. The van der Waals surface area contributed by atoms with E-state index in [9.17, 15) is 0 Å². The molecule has 0 saturated heterocycles. The van der Waals surface area contributed by atoms with Crippen LogP contribution in [0, 0.1) is 0 Å². The van der Waals surface area contributed by atoms with Crippen molar-refractivity contribution in [3.8, 4) is 5.75 Å². The molecule has 2 aromatic rings. The molecule has 0 unspecified atom stereocenters. The van der Waals surface area contributed by atoms with Gasteiger partial charge in [-0.1, -0.05) is 54.9 Å². The first-order valence-electron chi connectivity index (χ1n) is 6.28. The minimum Gasteiger partial charge on any atom is -0.487 e. The fourth-order valence-corrected chi connectivity index (χ4v) is 2.31. The zero-order valence-electron chi connectivity index (χ0n) is 10.8. The summed E-state index contributed by atoms with van der Waals surface area (Å²) in [5, 5.41) is 0.600. The van der Waals surface area contributed by atoms with Crippen molar-refractivity contribution in [3.05, 3.63) is 64.2 Å². The van der Waals surface area contributed by atoms with Gasteiger partial charge in [0.05, 0.1) is 10.9 Å². The van der Waals surface area contributed by atoms with Crippen LogP contribution in [0.1, 0.15) is 23.6 Å². The summed E-state index contributed by atoms with van der Waals surface area (Å²) < 4.78 is 5.80. The molecule has 100 valence electrons. The first kappa shape index (κ1) is 14.2. The molecule has 2 aromatic carbocycles. The van der Waals surface area contributed by atoms with Crippen molar-refractivity contribution in [2.75, 3.05) is 0 Å². The highest BCUT2D eigenvalue weighted by Gasteiger charge is 2.07. The highest BCUT2D eigenvalue weighted by Crippen LogP contribution is 2.30. The van der Waals surface area contributed by atoms with Crippen LogP contribution in [-0.4, -0.2) is 0 Å². The van der Waals surface area contributed by atoms with Gasteiger partial charge in [0.25, 0.3) is 0 Å². The van der Waals surface area contributed by atoms with Gasteiger partial charge in [-0.3, -0.25) is 0 Å². The topological polar surface area (TPSA) is 9.23 Å². The van der Waals surface area contributed by atoms with E-state index in [1.807, 2.05) is 18.2 Å². The SMILES string of the molecule is CCc1ccc(COc2c(Cl)cccc2CCl)cc1. The van der Waals surface area contributed by atoms with E-state index in [-0.39, 0.29) is 0 Å². The Hall–Kier alpha value is -1.18. The van der Waals surface area contributed by atoms with Crippen LogP contribution in [0.3, 0.4) is 0 Å². The lowest BCUT2D eigenvalue weighted by atomic mass is 10.1. The monoisotopic (exact) mass is 294 g/mol. The summed E-state index contributed by atoms with van der Waals surface area (Å²) in [7, 11) is 0. The molecule has 3 heteroatoms. The maximum Gasteiger partial charge on any atom is 0.142 e. The summed E-state index contributed by atoms with van der Waals surface area (Å²) >= 11 is 12.0. The molecular formula is C16H16Cl2O. The highest BCUT2D eigenvalue weighted by molar-refractivity contribution is 6.32. The summed E-state index contributed by atoms with van der Waals surface area (Å²) in [5.74, 6) is 1.07. The molecule has 19 heavy (non-hydrogen) atoms. The molecule has 2 rings (SSSR count). The van der Waals surface area contributed by atoms with Gasteiger partial charge < -0.3 is 4.74 Å². The van der Waals surface area contributed by atoms with Crippen molar-refractivity contribution >= 4 is 23.2 Å². The maximum absolute atomic E-state index is 6.14. The molecule has 0 aromatic heterocycles. The normalized spacial score (nSPS) is 10.5. The molecule has 0 atom stereocenters. The van der Waals surface area contributed by atoms with Crippen LogP contribution in [0.5, 0.6) is 5.75 Å². The van der Waals surface area contributed by atoms with Crippen LogP contribution in [0.15, 0.2) is 42.5 Å². The number of alkyl halides is 1. The van der Waals surface area contributed by atoms with Crippen molar-refractivity contribution in [1.29, 1.82) is 0 Å². The second kappa shape index (κ2) is 6.83. The fourth-order valence-electron chi connectivity index (χ4n) is 1.85. The van der Waals surface area contributed by atoms with Crippen molar-refractivity contribution in [1.82, 2.24) is 0 Å². The quantitative estimate of drug-likeness (QED) is 0.687. The number of benzene rings is 2. The van der Waals surface area contributed by atoms with Crippen LogP contribution in [0.4, 0.5) is 0 Å². The summed E-state index contributed by atoms with van der Waals surface area (Å²) in [5.41, 5.74) is 3.36. The van der Waals surface area contributed by atoms with Gasteiger partial charge in [0, 0.05) is 5.56 Å². The summed E-state index contributed by atoms with van der Waals surface area (Å²) in [4.78, 5) is 0. The first-order chi connectivity index (χ1) is 9.24. The predicted octanol–water partition coefficient (Wildman–Crippen LogP) is 5.22. The zero-order chi connectivity index (χ0) is 13.7. The van der Waals surface area contributed by atoms with Crippen molar-refractivity contribution in [2.45, 2.75) is 25.8 Å². The number of hydrogen-bond acceptors (Lipinski definition) is 1. The Bertz CT molecular complexity index is 535. The van der Waals surface area contributed by atoms with Crippen LogP contribution in [-0.2, 0) is 18.9 Å². The molecule has 0 aliphatic heterocycles. The number of rotatable bonds is 5. The molecule has 0 fully saturated rings. The summed E-state index contributed by atoms with van der Waals surface area (Å²) in [6.45, 7) is 2.64. The van der Waals surface area contributed by atoms with Gasteiger partial charge in [0.15, 0.2) is 0 Å². The second-order valence-electron chi connectivity index (χ2n) is 4.32. The van der Waals surface area contributed by atoms with Crippen molar-refractivity contribution < 1.29 is 4.74 Å². The number of para-hydroxylation sites is 1. The van der Waals surface area contributed by atoms with E-state index >= 15 is 0 Å². The van der Waals surface area contributed by atoms with Gasteiger partial charge in [0.1, 0.15) is 12.4 Å². The third-order valence-electron chi connectivity index (χ3n) is 3.01. The van der Waals surface area contributed by atoms with Crippen LogP contribution in [0.25, 0.3) is 0 Å². The zero-order valence-corrected chi connectivity index (χ0v) is 12.3. The molecule has 0 aliphatic carbocycles. The Balaban J connectivity index is 2.09. The third kappa shape index (κ3) is 3.65. The lowest BCUT2D eigenvalue weighted by Crippen LogP contribution is -1.98. The largest absolute Gasteiger partial charge is 0.487 e.